The van der Waals surface area contributed by atoms with Gasteiger partial charge in [-0.25, -0.2) is 0 Å². The zero-order chi connectivity index (χ0) is 9.14. The maximum atomic E-state index is 9.06. The molecule has 0 spiro atoms. The Labute approximate surface area is 73.0 Å². The van der Waals surface area contributed by atoms with Crippen molar-refractivity contribution in [2.24, 2.45) is 7.05 Å². The highest BCUT2D eigenvalue weighted by Crippen LogP contribution is 2.05. The van der Waals surface area contributed by atoms with Gasteiger partial charge in [0.15, 0.2) is 0 Å². The lowest BCUT2D eigenvalue weighted by atomic mass is 10.2. The fraction of sp³-hybridized carbons (Fsp3) is 0.667. The van der Waals surface area contributed by atoms with Crippen LogP contribution < -0.4 is 0 Å². The Bertz CT molecular complexity index is 234. The van der Waals surface area contributed by atoms with E-state index in [2.05, 4.69) is 11.2 Å². The summed E-state index contributed by atoms with van der Waals surface area (Å²) >= 11 is 0. The second-order valence-corrected chi connectivity index (χ2v) is 3.29. The summed E-state index contributed by atoms with van der Waals surface area (Å²) in [7, 11) is 1.93. The SMILES string of the molecule is Cc1cc(CC[C@@H](C)O)nn1C. The molecule has 1 rings (SSSR count). The van der Waals surface area contributed by atoms with Crippen LogP contribution in [-0.4, -0.2) is 21.0 Å². The van der Waals surface area contributed by atoms with Gasteiger partial charge in [-0.15, -0.1) is 0 Å². The summed E-state index contributed by atoms with van der Waals surface area (Å²) in [5.74, 6) is 0. The summed E-state index contributed by atoms with van der Waals surface area (Å²) in [6, 6.07) is 2.06. The predicted octanol–water partition coefficient (Wildman–Crippen LogP) is 1.04. The average molecular weight is 168 g/mol. The molecule has 0 bridgehead atoms. The van der Waals surface area contributed by atoms with Crippen LogP contribution in [0, 0.1) is 6.92 Å². The van der Waals surface area contributed by atoms with Crippen molar-refractivity contribution in [3.8, 4) is 0 Å². The van der Waals surface area contributed by atoms with Crippen LogP contribution in [-0.2, 0) is 13.5 Å². The Kier molecular flexibility index (Phi) is 2.87. The normalized spacial score (nSPS) is 13.3. The van der Waals surface area contributed by atoms with E-state index in [1.165, 1.54) is 0 Å². The maximum Gasteiger partial charge on any atom is 0.0628 e. The molecule has 1 heterocycles. The van der Waals surface area contributed by atoms with Crippen LogP contribution in [0.4, 0.5) is 0 Å². The van der Waals surface area contributed by atoms with Crippen molar-refractivity contribution < 1.29 is 5.11 Å². The first-order chi connectivity index (χ1) is 5.59. The number of aliphatic hydroxyl groups is 1. The number of aryl methyl sites for hydroxylation is 3. The molecule has 68 valence electrons. The van der Waals surface area contributed by atoms with Gasteiger partial charge in [-0.3, -0.25) is 4.68 Å². The van der Waals surface area contributed by atoms with Gasteiger partial charge in [0.2, 0.25) is 0 Å². The lowest BCUT2D eigenvalue weighted by Crippen LogP contribution is -2.02. The summed E-state index contributed by atoms with van der Waals surface area (Å²) in [4.78, 5) is 0. The van der Waals surface area contributed by atoms with Crippen molar-refractivity contribution >= 4 is 0 Å². The molecule has 0 saturated heterocycles. The zero-order valence-corrected chi connectivity index (χ0v) is 7.91. The lowest BCUT2D eigenvalue weighted by molar-refractivity contribution is 0.184. The predicted molar refractivity (Wildman–Crippen MR) is 47.9 cm³/mol. The van der Waals surface area contributed by atoms with Crippen molar-refractivity contribution in [3.63, 3.8) is 0 Å². The van der Waals surface area contributed by atoms with E-state index in [4.69, 9.17) is 5.11 Å². The molecule has 1 aromatic heterocycles. The number of aromatic nitrogens is 2. The highest BCUT2D eigenvalue weighted by Gasteiger charge is 2.02. The third kappa shape index (κ3) is 2.34. The van der Waals surface area contributed by atoms with Gasteiger partial charge in [-0.2, -0.15) is 5.10 Å². The van der Waals surface area contributed by atoms with Gasteiger partial charge in [-0.05, 0) is 32.8 Å². The second kappa shape index (κ2) is 3.72. The van der Waals surface area contributed by atoms with E-state index in [9.17, 15) is 0 Å². The molecule has 0 aliphatic heterocycles. The average Bonchev–Trinajstić information content (AvgIpc) is 2.28. The van der Waals surface area contributed by atoms with Crippen LogP contribution in [0.25, 0.3) is 0 Å². The highest BCUT2D eigenvalue weighted by atomic mass is 16.3. The van der Waals surface area contributed by atoms with Crippen LogP contribution in [0.5, 0.6) is 0 Å². The molecule has 3 nitrogen and oxygen atoms in total. The van der Waals surface area contributed by atoms with Crippen molar-refractivity contribution in [3.05, 3.63) is 17.5 Å². The number of aliphatic hydroxyl groups excluding tert-OH is 1. The number of nitrogens with zero attached hydrogens (tertiary/aromatic N) is 2. The van der Waals surface area contributed by atoms with E-state index in [0.29, 0.717) is 0 Å². The van der Waals surface area contributed by atoms with Gasteiger partial charge in [0.25, 0.3) is 0 Å². The smallest absolute Gasteiger partial charge is 0.0628 e. The molecule has 0 aliphatic rings. The fourth-order valence-electron chi connectivity index (χ4n) is 1.11. The monoisotopic (exact) mass is 168 g/mol. The summed E-state index contributed by atoms with van der Waals surface area (Å²) < 4.78 is 1.86. The first kappa shape index (κ1) is 9.26. The molecule has 0 saturated carbocycles. The minimum atomic E-state index is -0.229. The molecule has 1 N–H and O–H groups in total. The minimum absolute atomic E-state index is 0.229. The Morgan fingerprint density at radius 3 is 2.75 bits per heavy atom. The number of rotatable bonds is 3. The third-order valence-corrected chi connectivity index (χ3v) is 1.98. The van der Waals surface area contributed by atoms with Crippen molar-refractivity contribution in [2.75, 3.05) is 0 Å². The van der Waals surface area contributed by atoms with E-state index in [0.717, 1.165) is 24.2 Å². The number of hydrogen-bond acceptors (Lipinski definition) is 2. The van der Waals surface area contributed by atoms with E-state index in [-0.39, 0.29) is 6.10 Å². The summed E-state index contributed by atoms with van der Waals surface area (Å²) in [6.45, 7) is 3.83. The van der Waals surface area contributed by atoms with Crippen molar-refractivity contribution in [2.45, 2.75) is 32.8 Å². The lowest BCUT2D eigenvalue weighted by Gasteiger charge is -1.99. The summed E-state index contributed by atoms with van der Waals surface area (Å²) in [5, 5.41) is 13.3. The standard InChI is InChI=1S/C9H16N2O/c1-7-6-9(10-11(7)3)5-4-8(2)12/h6,8,12H,4-5H2,1-3H3/t8-/m1/s1. The molecule has 0 unspecified atom stereocenters. The van der Waals surface area contributed by atoms with Crippen LogP contribution in [0.2, 0.25) is 0 Å². The second-order valence-electron chi connectivity index (χ2n) is 3.29. The maximum absolute atomic E-state index is 9.06. The van der Waals surface area contributed by atoms with E-state index in [1.54, 1.807) is 6.92 Å². The van der Waals surface area contributed by atoms with Crippen molar-refractivity contribution in [1.29, 1.82) is 0 Å². The topological polar surface area (TPSA) is 38.1 Å². The first-order valence-corrected chi connectivity index (χ1v) is 4.27. The molecule has 0 aromatic carbocycles. The van der Waals surface area contributed by atoms with Crippen LogP contribution >= 0.6 is 0 Å². The Morgan fingerprint density at radius 2 is 2.33 bits per heavy atom. The molecule has 1 atom stereocenters. The molecule has 0 aliphatic carbocycles. The van der Waals surface area contributed by atoms with Gasteiger partial charge in [0, 0.05) is 12.7 Å². The summed E-state index contributed by atoms with van der Waals surface area (Å²) in [6.07, 6.45) is 1.42. The largest absolute Gasteiger partial charge is 0.393 e. The van der Waals surface area contributed by atoms with E-state index in [1.807, 2.05) is 18.7 Å². The molecule has 1 aromatic rings. The van der Waals surface area contributed by atoms with Gasteiger partial charge < -0.3 is 5.11 Å². The molecule has 0 amide bonds. The fourth-order valence-corrected chi connectivity index (χ4v) is 1.11. The van der Waals surface area contributed by atoms with Gasteiger partial charge in [0.05, 0.1) is 11.8 Å². The highest BCUT2D eigenvalue weighted by molar-refractivity contribution is 5.08. The molecule has 0 fully saturated rings. The number of hydrogen-bond donors (Lipinski definition) is 1. The Morgan fingerprint density at radius 1 is 1.67 bits per heavy atom. The quantitative estimate of drug-likeness (QED) is 0.732. The first-order valence-electron chi connectivity index (χ1n) is 4.27. The Hall–Kier alpha value is -0.830. The molecular formula is C9H16N2O. The van der Waals surface area contributed by atoms with E-state index < -0.39 is 0 Å². The van der Waals surface area contributed by atoms with Gasteiger partial charge in [0.1, 0.15) is 0 Å². The zero-order valence-electron chi connectivity index (χ0n) is 7.91. The minimum Gasteiger partial charge on any atom is -0.393 e. The molecule has 0 radical (unpaired) electrons. The third-order valence-electron chi connectivity index (χ3n) is 1.98. The van der Waals surface area contributed by atoms with Crippen LogP contribution in [0.3, 0.4) is 0 Å². The molecular weight excluding hydrogens is 152 g/mol. The van der Waals surface area contributed by atoms with Crippen molar-refractivity contribution in [1.82, 2.24) is 9.78 Å². The van der Waals surface area contributed by atoms with Crippen LogP contribution in [0.1, 0.15) is 24.7 Å². The molecule has 3 heteroatoms. The Balaban J connectivity index is 2.53. The van der Waals surface area contributed by atoms with Gasteiger partial charge in [-0.1, -0.05) is 0 Å². The summed E-state index contributed by atoms with van der Waals surface area (Å²) in [5.41, 5.74) is 2.23. The van der Waals surface area contributed by atoms with E-state index >= 15 is 0 Å². The van der Waals surface area contributed by atoms with Crippen LogP contribution in [0.15, 0.2) is 6.07 Å². The molecule has 12 heavy (non-hydrogen) atoms. The van der Waals surface area contributed by atoms with Gasteiger partial charge >= 0.3 is 0 Å².